The van der Waals surface area contributed by atoms with Gasteiger partial charge in [0.25, 0.3) is 0 Å². The molecule has 8 nitrogen and oxygen atoms in total. The SMILES string of the molecule is CC(C)OC[C@H]1C(O)[C@@H](C)C[C@H]1OP(=O)([O-])O[CH-][C@H]1O[C@@H](C)CC1OC(C)C.[W].[W]. The van der Waals surface area contributed by atoms with Crippen LogP contribution in [0, 0.1) is 18.4 Å². The predicted octanol–water partition coefficient (Wildman–Crippen LogP) is 2.43. The van der Waals surface area contributed by atoms with Gasteiger partial charge < -0.3 is 33.3 Å². The van der Waals surface area contributed by atoms with Crippen LogP contribution in [0.3, 0.4) is 0 Å². The molecule has 0 bridgehead atoms. The molecule has 1 aliphatic carbocycles. The van der Waals surface area contributed by atoms with Crippen LogP contribution in [0.4, 0.5) is 0 Å². The molecule has 0 aromatic heterocycles. The standard InChI is InChI=1S/C19H36O8P.2W/c1-11(2)23-9-15-16(7-13(5)19(15)20)27-28(21,22)24-10-18-17(25-12(3)4)8-14(6)26-18;;/h10-20H,7-9H2,1-6H3,(H,21,22);;/q-1;;/p-1/t13-,14-,15+,16+,17?,18+,19?;;/m0../s1. The number of hydrogen-bond donors (Lipinski definition) is 1. The van der Waals surface area contributed by atoms with Gasteiger partial charge in [-0.05, 0) is 59.5 Å². The van der Waals surface area contributed by atoms with Crippen LogP contribution in [0.2, 0.25) is 0 Å². The van der Waals surface area contributed by atoms with Gasteiger partial charge in [0.05, 0.1) is 43.2 Å². The molecule has 0 amide bonds. The van der Waals surface area contributed by atoms with Crippen LogP contribution in [0.15, 0.2) is 0 Å². The first-order valence-electron chi connectivity index (χ1n) is 10.1. The first-order valence-corrected chi connectivity index (χ1v) is 11.6. The van der Waals surface area contributed by atoms with Crippen LogP contribution in [0.1, 0.15) is 54.4 Å². The molecule has 0 aromatic rings. The van der Waals surface area contributed by atoms with Crippen molar-refractivity contribution in [1.82, 2.24) is 0 Å². The molecule has 0 spiro atoms. The monoisotopic (exact) mass is 790 g/mol. The quantitative estimate of drug-likeness (QED) is 0.266. The van der Waals surface area contributed by atoms with Crippen molar-refractivity contribution in [1.29, 1.82) is 0 Å². The molecular formula is C19H35O8PW2-2. The molecule has 1 saturated heterocycles. The summed E-state index contributed by atoms with van der Waals surface area (Å²) in [5, 5.41) is 10.4. The van der Waals surface area contributed by atoms with Gasteiger partial charge in [-0.2, -0.15) is 6.61 Å². The van der Waals surface area contributed by atoms with Crippen LogP contribution < -0.4 is 4.89 Å². The zero-order chi connectivity index (χ0) is 21.1. The van der Waals surface area contributed by atoms with Gasteiger partial charge in [-0.3, -0.25) is 4.57 Å². The van der Waals surface area contributed by atoms with E-state index in [0.29, 0.717) is 12.8 Å². The summed E-state index contributed by atoms with van der Waals surface area (Å²) in [4.78, 5) is 12.4. The van der Waals surface area contributed by atoms with E-state index in [1.165, 1.54) is 0 Å². The average Bonchev–Trinajstić information content (AvgIpc) is 3.02. The molecule has 2 rings (SSSR count). The molecule has 1 N–H and O–H groups in total. The molecule has 178 valence electrons. The fraction of sp³-hybridized carbons (Fsp3) is 0.947. The van der Waals surface area contributed by atoms with Crippen molar-refractivity contribution >= 4 is 7.82 Å². The Labute approximate surface area is 209 Å². The summed E-state index contributed by atoms with van der Waals surface area (Å²) in [6, 6.07) is 0. The summed E-state index contributed by atoms with van der Waals surface area (Å²) in [6.07, 6.45) is -1.23. The number of hydrogen-bond acceptors (Lipinski definition) is 8. The van der Waals surface area contributed by atoms with Gasteiger partial charge in [-0.15, -0.1) is 0 Å². The molecule has 30 heavy (non-hydrogen) atoms. The van der Waals surface area contributed by atoms with Crippen molar-refractivity contribution in [3.05, 3.63) is 6.61 Å². The summed E-state index contributed by atoms with van der Waals surface area (Å²) in [7, 11) is -4.62. The predicted molar refractivity (Wildman–Crippen MR) is 101 cm³/mol. The smallest absolute Gasteiger partial charge is 0.237 e. The van der Waals surface area contributed by atoms with Crippen molar-refractivity contribution in [2.75, 3.05) is 6.61 Å². The number of rotatable bonds is 10. The molecule has 8 atom stereocenters. The second-order valence-electron chi connectivity index (χ2n) is 8.45. The molecule has 1 heterocycles. The van der Waals surface area contributed by atoms with Crippen LogP contribution in [0.25, 0.3) is 0 Å². The van der Waals surface area contributed by atoms with E-state index in [0.717, 1.165) is 6.61 Å². The molecule has 2 aliphatic rings. The van der Waals surface area contributed by atoms with Gasteiger partial charge in [0.2, 0.25) is 7.82 Å². The Morgan fingerprint density at radius 3 is 2.33 bits per heavy atom. The second kappa shape index (κ2) is 13.9. The average molecular weight is 790 g/mol. The third-order valence-corrected chi connectivity index (χ3v) is 5.99. The minimum absolute atomic E-state index is 0. The van der Waals surface area contributed by atoms with Gasteiger partial charge in [-0.1, -0.05) is 6.92 Å². The molecule has 11 heteroatoms. The van der Waals surface area contributed by atoms with Gasteiger partial charge in [0, 0.05) is 48.0 Å². The fourth-order valence-corrected chi connectivity index (χ4v) is 4.65. The largest absolute Gasteiger partial charge is 0.758 e. The first kappa shape index (κ1) is 31.3. The van der Waals surface area contributed by atoms with Gasteiger partial charge in [-0.25, -0.2) is 0 Å². The summed E-state index contributed by atoms with van der Waals surface area (Å²) >= 11 is 0. The molecule has 0 aromatic carbocycles. The van der Waals surface area contributed by atoms with E-state index in [4.69, 9.17) is 23.3 Å². The molecule has 1 aliphatic heterocycles. The number of phosphoric ester groups is 1. The van der Waals surface area contributed by atoms with Crippen molar-refractivity contribution in [3.63, 3.8) is 0 Å². The zero-order valence-corrected chi connectivity index (χ0v) is 25.2. The Hall–Kier alpha value is 1.33. The Kier molecular flexibility index (Phi) is 14.5. The summed E-state index contributed by atoms with van der Waals surface area (Å²) in [6.45, 7) is 12.7. The number of aliphatic hydroxyl groups is 1. The molecule has 1 saturated carbocycles. The van der Waals surface area contributed by atoms with E-state index in [1.807, 2.05) is 41.5 Å². The maximum Gasteiger partial charge on any atom is 0.237 e. The normalized spacial score (nSPS) is 35.9. The second-order valence-corrected chi connectivity index (χ2v) is 9.77. The number of phosphoric acid groups is 1. The molecule has 3 unspecified atom stereocenters. The third-order valence-electron chi connectivity index (χ3n) is 5.08. The van der Waals surface area contributed by atoms with E-state index < -0.39 is 32.1 Å². The zero-order valence-electron chi connectivity index (χ0n) is 18.5. The van der Waals surface area contributed by atoms with E-state index in [2.05, 4.69) is 0 Å². The maximum absolute atomic E-state index is 12.4. The van der Waals surface area contributed by atoms with E-state index >= 15 is 0 Å². The minimum atomic E-state index is -4.62. The first-order chi connectivity index (χ1) is 13.0. The van der Waals surface area contributed by atoms with Crippen LogP contribution in [-0.4, -0.2) is 54.4 Å². The van der Waals surface area contributed by atoms with Crippen molar-refractivity contribution in [2.45, 2.75) is 97.1 Å². The van der Waals surface area contributed by atoms with E-state index in [-0.39, 0.29) is 79.1 Å². The van der Waals surface area contributed by atoms with E-state index in [9.17, 15) is 14.6 Å². The summed E-state index contributed by atoms with van der Waals surface area (Å²) in [5.74, 6) is -0.513. The van der Waals surface area contributed by atoms with E-state index in [1.54, 1.807) is 0 Å². The Balaban J connectivity index is 0.00000420. The molecule has 2 fully saturated rings. The van der Waals surface area contributed by atoms with Crippen molar-refractivity contribution < 1.29 is 80.0 Å². The van der Waals surface area contributed by atoms with Crippen molar-refractivity contribution in [3.8, 4) is 0 Å². The molecule has 0 radical (unpaired) electrons. The maximum atomic E-state index is 12.4. The van der Waals surface area contributed by atoms with Crippen LogP contribution in [-0.2, 0) is 70.0 Å². The van der Waals surface area contributed by atoms with Crippen molar-refractivity contribution in [2.24, 2.45) is 11.8 Å². The topological polar surface area (TPSA) is 107 Å². The summed E-state index contributed by atoms with van der Waals surface area (Å²) in [5.41, 5.74) is 0. The van der Waals surface area contributed by atoms with Gasteiger partial charge in [0.1, 0.15) is 0 Å². The van der Waals surface area contributed by atoms with Gasteiger partial charge in [0.15, 0.2) is 0 Å². The minimum Gasteiger partial charge on any atom is -0.758 e. The molecular weight excluding hydrogens is 755 g/mol. The number of aliphatic hydroxyl groups excluding tert-OH is 1. The van der Waals surface area contributed by atoms with Crippen LogP contribution in [0.5, 0.6) is 0 Å². The van der Waals surface area contributed by atoms with Gasteiger partial charge >= 0.3 is 0 Å². The van der Waals surface area contributed by atoms with Crippen LogP contribution >= 0.6 is 7.82 Å². The number of ether oxygens (including phenoxy) is 3. The fourth-order valence-electron chi connectivity index (χ4n) is 3.75. The Morgan fingerprint density at radius 1 is 1.13 bits per heavy atom. The summed E-state index contributed by atoms with van der Waals surface area (Å²) < 4.78 is 39.7. The Morgan fingerprint density at radius 2 is 1.77 bits per heavy atom. The Bertz CT molecular complexity index is 539. The third kappa shape index (κ3) is 9.67.